The molecule has 0 bridgehead atoms. The van der Waals surface area contributed by atoms with Crippen molar-refractivity contribution < 1.29 is 0 Å². The monoisotopic (exact) mass is 340 g/mol. The molecule has 0 aliphatic carbocycles. The fourth-order valence-corrected chi connectivity index (χ4v) is 3.66. The quantitative estimate of drug-likeness (QED) is 0.611. The van der Waals surface area contributed by atoms with Gasteiger partial charge in [-0.25, -0.2) is 0 Å². The van der Waals surface area contributed by atoms with E-state index in [4.69, 9.17) is 4.98 Å². The zero-order valence-corrected chi connectivity index (χ0v) is 15.3. The highest BCUT2D eigenvalue weighted by atomic mass is 15.0. The first kappa shape index (κ1) is 16.7. The Morgan fingerprint density at radius 1 is 0.846 bits per heavy atom. The van der Waals surface area contributed by atoms with Crippen LogP contribution in [0.1, 0.15) is 42.2 Å². The number of benzene rings is 2. The van der Waals surface area contributed by atoms with E-state index in [0.29, 0.717) is 0 Å². The Morgan fingerprint density at radius 2 is 1.54 bits per heavy atom. The summed E-state index contributed by atoms with van der Waals surface area (Å²) in [7, 11) is 0. The molecule has 2 heteroatoms. The van der Waals surface area contributed by atoms with Crippen LogP contribution in [-0.2, 0) is 0 Å². The topological polar surface area (TPSA) is 24.9 Å². The molecule has 2 nitrogen and oxygen atoms in total. The minimum atomic E-state index is 0.229. The summed E-state index contributed by atoms with van der Waals surface area (Å²) in [6.07, 6.45) is 3.32. The number of hydrogen-bond donors (Lipinski definition) is 1. The molecule has 0 amide bonds. The van der Waals surface area contributed by atoms with Crippen LogP contribution in [0.15, 0.2) is 84.4 Å². The third kappa shape index (κ3) is 3.33. The summed E-state index contributed by atoms with van der Waals surface area (Å²) in [5, 5.41) is 3.80. The van der Waals surface area contributed by atoms with Crippen LogP contribution < -0.4 is 5.32 Å². The van der Waals surface area contributed by atoms with Gasteiger partial charge in [0.15, 0.2) is 0 Å². The van der Waals surface area contributed by atoms with Gasteiger partial charge in [0.1, 0.15) is 0 Å². The number of aryl methyl sites for hydroxylation is 1. The lowest BCUT2D eigenvalue weighted by Crippen LogP contribution is -2.31. The van der Waals surface area contributed by atoms with Crippen LogP contribution in [0.3, 0.4) is 0 Å². The fraction of sp³-hybridized carbons (Fsp3) is 0.208. The molecule has 4 rings (SSSR count). The molecule has 130 valence electrons. The molecule has 2 aromatic carbocycles. The van der Waals surface area contributed by atoms with Crippen LogP contribution >= 0.6 is 0 Å². The van der Waals surface area contributed by atoms with Gasteiger partial charge in [-0.15, -0.1) is 0 Å². The van der Waals surface area contributed by atoms with Gasteiger partial charge < -0.3 is 0 Å². The smallest absolute Gasteiger partial charge is 0.0735 e. The Morgan fingerprint density at radius 3 is 2.27 bits per heavy atom. The van der Waals surface area contributed by atoms with Crippen molar-refractivity contribution in [3.05, 3.63) is 101 Å². The van der Waals surface area contributed by atoms with Gasteiger partial charge in [0.25, 0.3) is 0 Å². The van der Waals surface area contributed by atoms with E-state index >= 15 is 0 Å². The van der Waals surface area contributed by atoms with Gasteiger partial charge in [0.05, 0.1) is 23.5 Å². The van der Waals surface area contributed by atoms with Crippen molar-refractivity contribution in [3.8, 4) is 11.3 Å². The molecule has 1 aliphatic rings. The van der Waals surface area contributed by atoms with Crippen LogP contribution in [0, 0.1) is 6.92 Å². The molecule has 1 aliphatic heterocycles. The molecule has 1 N–H and O–H groups in total. The first-order valence-corrected chi connectivity index (χ1v) is 9.23. The van der Waals surface area contributed by atoms with E-state index in [9.17, 15) is 0 Å². The van der Waals surface area contributed by atoms with Crippen molar-refractivity contribution in [2.24, 2.45) is 0 Å². The maximum atomic E-state index is 5.03. The van der Waals surface area contributed by atoms with E-state index in [-0.39, 0.29) is 12.1 Å². The molecule has 26 heavy (non-hydrogen) atoms. The average Bonchev–Trinajstić information content (AvgIpc) is 2.70. The van der Waals surface area contributed by atoms with Gasteiger partial charge in [0, 0.05) is 5.56 Å². The van der Waals surface area contributed by atoms with Crippen molar-refractivity contribution in [2.45, 2.75) is 32.4 Å². The summed E-state index contributed by atoms with van der Waals surface area (Å²) in [5.74, 6) is 0. The number of nitrogens with one attached hydrogen (secondary N) is 1. The highest BCUT2D eigenvalue weighted by Gasteiger charge is 2.24. The fourth-order valence-electron chi connectivity index (χ4n) is 3.66. The van der Waals surface area contributed by atoms with E-state index in [1.165, 1.54) is 22.3 Å². The predicted molar refractivity (Wildman–Crippen MR) is 108 cm³/mol. The molecule has 2 heterocycles. The zero-order chi connectivity index (χ0) is 17.9. The van der Waals surface area contributed by atoms with E-state index in [2.05, 4.69) is 92.0 Å². The Balaban J connectivity index is 1.66. The second kappa shape index (κ2) is 7.27. The van der Waals surface area contributed by atoms with Crippen LogP contribution in [0.2, 0.25) is 0 Å². The first-order valence-electron chi connectivity index (χ1n) is 9.23. The SMILES string of the molecule is CC1=CC[C@@H](c2ccc(C)c(-c3ccccc3)n2)N[C@H]1c1ccccc1. The van der Waals surface area contributed by atoms with Gasteiger partial charge in [-0.3, -0.25) is 10.3 Å². The van der Waals surface area contributed by atoms with Gasteiger partial charge in [-0.05, 0) is 37.5 Å². The Bertz CT molecular complexity index is 913. The normalized spacial score (nSPS) is 19.8. The summed E-state index contributed by atoms with van der Waals surface area (Å²) in [6.45, 7) is 4.34. The molecule has 0 unspecified atom stereocenters. The van der Waals surface area contributed by atoms with E-state index in [0.717, 1.165) is 17.8 Å². The number of rotatable bonds is 3. The summed E-state index contributed by atoms with van der Waals surface area (Å²) in [5.41, 5.74) is 7.26. The van der Waals surface area contributed by atoms with Crippen molar-refractivity contribution >= 4 is 0 Å². The molecular weight excluding hydrogens is 316 g/mol. The van der Waals surface area contributed by atoms with Crippen molar-refractivity contribution in [1.82, 2.24) is 10.3 Å². The van der Waals surface area contributed by atoms with Crippen LogP contribution in [0.5, 0.6) is 0 Å². The zero-order valence-electron chi connectivity index (χ0n) is 15.3. The molecule has 3 aromatic rings. The Kier molecular flexibility index (Phi) is 4.68. The second-order valence-corrected chi connectivity index (χ2v) is 7.01. The molecule has 1 aromatic heterocycles. The lowest BCUT2D eigenvalue weighted by Gasteiger charge is -2.31. The van der Waals surface area contributed by atoms with Crippen LogP contribution in [-0.4, -0.2) is 4.98 Å². The molecule has 0 fully saturated rings. The standard InChI is InChI=1S/C24H24N2/c1-17-13-15-21(25-23(17)19-9-5-3-6-10-19)22-16-14-18(2)24(26-22)20-11-7-4-8-12-20/h3-15,22,24,26H,16H2,1-2H3/t22-,24+/m0/s1. The van der Waals surface area contributed by atoms with Gasteiger partial charge in [-0.1, -0.05) is 78.4 Å². The summed E-state index contributed by atoms with van der Waals surface area (Å²) in [6, 6.07) is 25.9. The second-order valence-electron chi connectivity index (χ2n) is 7.01. The third-order valence-electron chi connectivity index (χ3n) is 5.15. The summed E-state index contributed by atoms with van der Waals surface area (Å²) in [4.78, 5) is 5.03. The van der Waals surface area contributed by atoms with Gasteiger partial charge in [-0.2, -0.15) is 0 Å². The molecule has 2 atom stereocenters. The summed E-state index contributed by atoms with van der Waals surface area (Å²) < 4.78 is 0. The maximum Gasteiger partial charge on any atom is 0.0735 e. The van der Waals surface area contributed by atoms with E-state index in [1.807, 2.05) is 6.07 Å². The molecule has 0 saturated carbocycles. The maximum absolute atomic E-state index is 5.03. The Labute approximate surface area is 155 Å². The first-order chi connectivity index (χ1) is 12.7. The number of pyridine rings is 1. The third-order valence-corrected chi connectivity index (χ3v) is 5.15. The largest absolute Gasteiger partial charge is 0.298 e. The lowest BCUT2D eigenvalue weighted by atomic mass is 9.91. The molecule has 0 radical (unpaired) electrons. The highest BCUT2D eigenvalue weighted by Crippen LogP contribution is 2.33. The van der Waals surface area contributed by atoms with E-state index < -0.39 is 0 Å². The van der Waals surface area contributed by atoms with Gasteiger partial charge in [0.2, 0.25) is 0 Å². The average molecular weight is 340 g/mol. The van der Waals surface area contributed by atoms with Crippen LogP contribution in [0.4, 0.5) is 0 Å². The highest BCUT2D eigenvalue weighted by molar-refractivity contribution is 5.62. The molecule has 0 saturated heterocycles. The molecule has 0 spiro atoms. The van der Waals surface area contributed by atoms with Crippen molar-refractivity contribution in [1.29, 1.82) is 0 Å². The minimum Gasteiger partial charge on any atom is -0.298 e. The number of hydrogen-bond acceptors (Lipinski definition) is 2. The van der Waals surface area contributed by atoms with Gasteiger partial charge >= 0.3 is 0 Å². The van der Waals surface area contributed by atoms with Crippen molar-refractivity contribution in [3.63, 3.8) is 0 Å². The molecular formula is C24H24N2. The summed E-state index contributed by atoms with van der Waals surface area (Å²) >= 11 is 0. The van der Waals surface area contributed by atoms with Crippen molar-refractivity contribution in [2.75, 3.05) is 0 Å². The van der Waals surface area contributed by atoms with Crippen LogP contribution in [0.25, 0.3) is 11.3 Å². The predicted octanol–water partition coefficient (Wildman–Crippen LogP) is 5.78. The number of aromatic nitrogens is 1. The minimum absolute atomic E-state index is 0.229. The lowest BCUT2D eigenvalue weighted by molar-refractivity contribution is 0.450. The number of nitrogens with zero attached hydrogens (tertiary/aromatic N) is 1. The Hall–Kier alpha value is -2.71. The van der Waals surface area contributed by atoms with E-state index in [1.54, 1.807) is 0 Å².